The molecule has 0 spiro atoms. The van der Waals surface area contributed by atoms with Crippen LogP contribution < -0.4 is 20.9 Å². The maximum Gasteiger partial charge on any atom is 0.279 e. The number of hydrogen-bond donors (Lipinski definition) is 3. The van der Waals surface area contributed by atoms with Gasteiger partial charge in [0.15, 0.2) is 11.2 Å². The van der Waals surface area contributed by atoms with Crippen LogP contribution in [0.4, 0.5) is 0 Å². The first-order valence-electron chi connectivity index (χ1n) is 8.46. The SMILES string of the molecule is CC(Oc1ccc(Cl)cc1Cl)C(=O)NNC(=S)NC(=O)c1sc2ccccc2c1Cl. The summed E-state index contributed by atoms with van der Waals surface area (Å²) in [5, 5.41) is 4.24. The molecule has 0 aliphatic heterocycles. The smallest absolute Gasteiger partial charge is 0.279 e. The summed E-state index contributed by atoms with van der Waals surface area (Å²) in [7, 11) is 0. The number of benzene rings is 2. The van der Waals surface area contributed by atoms with Gasteiger partial charge in [-0.3, -0.25) is 25.8 Å². The van der Waals surface area contributed by atoms with E-state index in [1.165, 1.54) is 24.3 Å². The maximum atomic E-state index is 12.5. The summed E-state index contributed by atoms with van der Waals surface area (Å²) in [6.07, 6.45) is -0.897. The van der Waals surface area contributed by atoms with Gasteiger partial charge in [-0.2, -0.15) is 0 Å². The van der Waals surface area contributed by atoms with Gasteiger partial charge in [-0.15, -0.1) is 11.3 Å². The van der Waals surface area contributed by atoms with E-state index in [2.05, 4.69) is 16.2 Å². The van der Waals surface area contributed by atoms with Crippen LogP contribution >= 0.6 is 58.4 Å². The van der Waals surface area contributed by atoms with Crippen LogP contribution in [-0.2, 0) is 4.79 Å². The molecule has 0 radical (unpaired) electrons. The number of halogens is 3. The van der Waals surface area contributed by atoms with Crippen LogP contribution in [0, 0.1) is 0 Å². The lowest BCUT2D eigenvalue weighted by atomic mass is 10.2. The highest BCUT2D eigenvalue weighted by Crippen LogP contribution is 2.35. The van der Waals surface area contributed by atoms with E-state index in [1.54, 1.807) is 12.1 Å². The van der Waals surface area contributed by atoms with E-state index < -0.39 is 17.9 Å². The molecule has 1 atom stereocenters. The van der Waals surface area contributed by atoms with Crippen LogP contribution in [0.1, 0.15) is 16.6 Å². The van der Waals surface area contributed by atoms with E-state index in [1.807, 2.05) is 24.3 Å². The van der Waals surface area contributed by atoms with Crippen molar-refractivity contribution in [3.8, 4) is 5.75 Å². The molecule has 3 rings (SSSR count). The van der Waals surface area contributed by atoms with Crippen molar-refractivity contribution in [1.29, 1.82) is 0 Å². The zero-order valence-corrected chi connectivity index (χ0v) is 19.2. The zero-order valence-electron chi connectivity index (χ0n) is 15.3. The van der Waals surface area contributed by atoms with E-state index in [-0.39, 0.29) is 10.1 Å². The number of ether oxygens (including phenoxy) is 1. The number of fused-ring (bicyclic) bond motifs is 1. The molecule has 3 aromatic rings. The fourth-order valence-electron chi connectivity index (χ4n) is 2.39. The topological polar surface area (TPSA) is 79.5 Å². The van der Waals surface area contributed by atoms with Gasteiger partial charge in [0.2, 0.25) is 0 Å². The average molecular weight is 503 g/mol. The van der Waals surface area contributed by atoms with Crippen molar-refractivity contribution in [3.05, 3.63) is 62.4 Å². The molecule has 2 aromatic carbocycles. The molecule has 0 saturated carbocycles. The molecule has 2 amide bonds. The van der Waals surface area contributed by atoms with E-state index in [9.17, 15) is 9.59 Å². The number of hydrogen-bond acceptors (Lipinski definition) is 5. The van der Waals surface area contributed by atoms with Crippen molar-refractivity contribution in [2.24, 2.45) is 0 Å². The first-order chi connectivity index (χ1) is 14.3. The van der Waals surface area contributed by atoms with Crippen molar-refractivity contribution >= 4 is 85.4 Å². The third-order valence-electron chi connectivity index (χ3n) is 3.83. The highest BCUT2D eigenvalue weighted by molar-refractivity contribution is 7.80. The number of thiocarbonyl (C=S) groups is 1. The molecule has 0 aliphatic carbocycles. The van der Waals surface area contributed by atoms with Gasteiger partial charge in [-0.05, 0) is 43.4 Å². The Balaban J connectivity index is 1.53. The Kier molecular flexibility index (Phi) is 7.38. The number of hydrazine groups is 1. The maximum absolute atomic E-state index is 12.5. The fourth-order valence-corrected chi connectivity index (χ4v) is 4.39. The summed E-state index contributed by atoms with van der Waals surface area (Å²) in [5.74, 6) is -0.707. The molecule has 6 nitrogen and oxygen atoms in total. The van der Waals surface area contributed by atoms with Crippen LogP contribution in [-0.4, -0.2) is 23.0 Å². The minimum atomic E-state index is -0.897. The van der Waals surface area contributed by atoms with E-state index in [4.69, 9.17) is 51.8 Å². The van der Waals surface area contributed by atoms with Crippen molar-refractivity contribution < 1.29 is 14.3 Å². The van der Waals surface area contributed by atoms with Crippen LogP contribution in [0.3, 0.4) is 0 Å². The highest BCUT2D eigenvalue weighted by atomic mass is 35.5. The van der Waals surface area contributed by atoms with Crippen LogP contribution in [0.15, 0.2) is 42.5 Å². The van der Waals surface area contributed by atoms with Crippen molar-refractivity contribution in [3.63, 3.8) is 0 Å². The Morgan fingerprint density at radius 1 is 1.10 bits per heavy atom. The number of amides is 2. The van der Waals surface area contributed by atoms with Gasteiger partial charge >= 0.3 is 0 Å². The molecule has 0 aliphatic rings. The molecule has 0 fully saturated rings. The van der Waals surface area contributed by atoms with E-state index >= 15 is 0 Å². The second kappa shape index (κ2) is 9.80. The van der Waals surface area contributed by atoms with E-state index in [0.29, 0.717) is 20.7 Å². The molecule has 1 heterocycles. The standard InChI is InChI=1S/C19H14Cl3N3O3S2/c1-9(28-13-7-6-10(20)8-12(13)21)17(26)24-25-19(29)23-18(27)16-15(22)11-4-2-3-5-14(11)30-16/h2-9H,1H3,(H,24,26)(H2,23,25,27,29). The van der Waals surface area contributed by atoms with Crippen LogP contribution in [0.5, 0.6) is 5.75 Å². The molecule has 11 heteroatoms. The highest BCUT2D eigenvalue weighted by Gasteiger charge is 2.19. The minimum Gasteiger partial charge on any atom is -0.479 e. The Morgan fingerprint density at radius 3 is 2.53 bits per heavy atom. The summed E-state index contributed by atoms with van der Waals surface area (Å²) in [6.45, 7) is 1.53. The lowest BCUT2D eigenvalue weighted by molar-refractivity contribution is -0.127. The van der Waals surface area contributed by atoms with Gasteiger partial charge in [0.25, 0.3) is 11.8 Å². The third kappa shape index (κ3) is 5.33. The molecular formula is C19H14Cl3N3O3S2. The number of rotatable bonds is 4. The zero-order chi connectivity index (χ0) is 21.8. The molecule has 156 valence electrons. The average Bonchev–Trinajstić information content (AvgIpc) is 3.05. The minimum absolute atomic E-state index is 0.0985. The second-order valence-electron chi connectivity index (χ2n) is 5.97. The van der Waals surface area contributed by atoms with Crippen LogP contribution in [0.25, 0.3) is 10.1 Å². The van der Waals surface area contributed by atoms with Gasteiger partial charge in [-0.1, -0.05) is 53.0 Å². The van der Waals surface area contributed by atoms with E-state index in [0.717, 1.165) is 10.1 Å². The van der Waals surface area contributed by atoms with Crippen molar-refractivity contribution in [1.82, 2.24) is 16.2 Å². The van der Waals surface area contributed by atoms with Crippen molar-refractivity contribution in [2.75, 3.05) is 0 Å². The van der Waals surface area contributed by atoms with Gasteiger partial charge in [0.1, 0.15) is 10.6 Å². The Hall–Kier alpha value is -2.10. The molecule has 30 heavy (non-hydrogen) atoms. The molecule has 1 unspecified atom stereocenters. The summed E-state index contributed by atoms with van der Waals surface area (Å²) in [4.78, 5) is 25.0. The number of carbonyl (C=O) groups excluding carboxylic acids is 2. The molecular weight excluding hydrogens is 489 g/mol. The summed E-state index contributed by atoms with van der Waals surface area (Å²) in [6, 6.07) is 12.1. The first-order valence-corrected chi connectivity index (χ1v) is 10.8. The summed E-state index contributed by atoms with van der Waals surface area (Å²) in [5.41, 5.74) is 4.82. The number of thiophene rings is 1. The van der Waals surface area contributed by atoms with Gasteiger partial charge < -0.3 is 4.74 Å². The predicted octanol–water partition coefficient (Wildman–Crippen LogP) is 4.96. The van der Waals surface area contributed by atoms with Gasteiger partial charge in [0.05, 0.1) is 10.0 Å². The Morgan fingerprint density at radius 2 is 1.83 bits per heavy atom. The van der Waals surface area contributed by atoms with Gasteiger partial charge in [0, 0.05) is 15.1 Å². The first kappa shape index (κ1) is 22.6. The lowest BCUT2D eigenvalue weighted by Crippen LogP contribution is -2.51. The quantitative estimate of drug-likeness (QED) is 0.347. The molecule has 1 aromatic heterocycles. The lowest BCUT2D eigenvalue weighted by Gasteiger charge is -2.17. The monoisotopic (exact) mass is 501 g/mol. The normalized spacial score (nSPS) is 11.6. The Bertz CT molecular complexity index is 1140. The van der Waals surface area contributed by atoms with Crippen LogP contribution in [0.2, 0.25) is 15.1 Å². The second-order valence-corrected chi connectivity index (χ2v) is 8.66. The fraction of sp³-hybridized carbons (Fsp3) is 0.105. The number of carbonyl (C=O) groups is 2. The molecule has 0 bridgehead atoms. The Labute approximate surface area is 196 Å². The largest absolute Gasteiger partial charge is 0.479 e. The molecule has 0 saturated heterocycles. The predicted molar refractivity (Wildman–Crippen MR) is 125 cm³/mol. The van der Waals surface area contributed by atoms with Crippen molar-refractivity contribution in [2.45, 2.75) is 13.0 Å². The summed E-state index contributed by atoms with van der Waals surface area (Å²) >= 11 is 24.4. The number of nitrogens with one attached hydrogen (secondary N) is 3. The summed E-state index contributed by atoms with van der Waals surface area (Å²) < 4.78 is 6.39. The molecule has 3 N–H and O–H groups in total. The third-order valence-corrected chi connectivity index (χ3v) is 6.24. The van der Waals surface area contributed by atoms with Gasteiger partial charge in [-0.25, -0.2) is 0 Å².